The molecule has 1 aliphatic rings. The lowest BCUT2D eigenvalue weighted by Gasteiger charge is -2.16. The van der Waals surface area contributed by atoms with Gasteiger partial charge >= 0.3 is 6.18 Å². The van der Waals surface area contributed by atoms with Gasteiger partial charge in [-0.25, -0.2) is 0 Å². The molecule has 1 aromatic heterocycles. The average molecular weight is 192 g/mol. The molecule has 2 heterocycles. The number of fused-ring (bicyclic) bond motifs is 1. The fourth-order valence-corrected chi connectivity index (χ4v) is 1.29. The maximum atomic E-state index is 12.3. The number of rotatable bonds is 0. The third-order valence-electron chi connectivity index (χ3n) is 1.85. The highest BCUT2D eigenvalue weighted by Crippen LogP contribution is 2.30. The van der Waals surface area contributed by atoms with Crippen LogP contribution in [-0.2, 0) is 12.7 Å². The predicted molar refractivity (Wildman–Crippen MR) is 38.1 cm³/mol. The molecule has 0 spiro atoms. The summed E-state index contributed by atoms with van der Waals surface area (Å²) in [5, 5.41) is 9.24. The van der Waals surface area contributed by atoms with Gasteiger partial charge in [0.25, 0.3) is 0 Å². The molecule has 0 aliphatic carbocycles. The number of nitrogens with one attached hydrogen (secondary N) is 1. The molecule has 0 radical (unpaired) electrons. The Morgan fingerprint density at radius 1 is 1.31 bits per heavy atom. The predicted octanol–water partition coefficient (Wildman–Crippen LogP) is 1.11. The SMILES string of the molecule is FC(F)(F)c1nnc2n1CCCN2. The minimum atomic E-state index is -4.41. The van der Waals surface area contributed by atoms with Gasteiger partial charge in [-0.3, -0.25) is 4.57 Å². The van der Waals surface area contributed by atoms with E-state index in [1.54, 1.807) is 0 Å². The van der Waals surface area contributed by atoms with Gasteiger partial charge in [-0.2, -0.15) is 13.2 Å². The molecule has 0 saturated carbocycles. The van der Waals surface area contributed by atoms with Gasteiger partial charge in [0.15, 0.2) is 0 Å². The Bertz CT molecular complexity index is 316. The van der Waals surface area contributed by atoms with Crippen molar-refractivity contribution < 1.29 is 13.2 Å². The van der Waals surface area contributed by atoms with Crippen LogP contribution < -0.4 is 5.32 Å². The molecule has 0 saturated heterocycles. The molecule has 0 unspecified atom stereocenters. The van der Waals surface area contributed by atoms with Gasteiger partial charge in [0.2, 0.25) is 11.8 Å². The van der Waals surface area contributed by atoms with Crippen LogP contribution in [0.15, 0.2) is 0 Å². The van der Waals surface area contributed by atoms with Gasteiger partial charge in [0.05, 0.1) is 0 Å². The summed E-state index contributed by atoms with van der Waals surface area (Å²) >= 11 is 0. The molecular formula is C6H7F3N4. The van der Waals surface area contributed by atoms with Crippen molar-refractivity contribution in [2.24, 2.45) is 0 Å². The zero-order chi connectivity index (χ0) is 9.47. The van der Waals surface area contributed by atoms with E-state index < -0.39 is 12.0 Å². The van der Waals surface area contributed by atoms with Crippen LogP contribution in [0.5, 0.6) is 0 Å². The first-order valence-electron chi connectivity index (χ1n) is 3.83. The lowest BCUT2D eigenvalue weighted by molar-refractivity contribution is -0.147. The highest BCUT2D eigenvalue weighted by Gasteiger charge is 2.38. The highest BCUT2D eigenvalue weighted by molar-refractivity contribution is 5.28. The van der Waals surface area contributed by atoms with Crippen molar-refractivity contribution in [2.45, 2.75) is 19.1 Å². The number of nitrogens with zero attached hydrogens (tertiary/aromatic N) is 3. The van der Waals surface area contributed by atoms with E-state index in [1.165, 1.54) is 0 Å². The van der Waals surface area contributed by atoms with Crippen LogP contribution >= 0.6 is 0 Å². The summed E-state index contributed by atoms with van der Waals surface area (Å²) in [5.41, 5.74) is 0. The van der Waals surface area contributed by atoms with E-state index in [9.17, 15) is 13.2 Å². The fourth-order valence-electron chi connectivity index (χ4n) is 1.29. The molecule has 0 fully saturated rings. The maximum absolute atomic E-state index is 12.3. The summed E-state index contributed by atoms with van der Waals surface area (Å²) in [6, 6.07) is 0. The van der Waals surface area contributed by atoms with E-state index in [-0.39, 0.29) is 5.95 Å². The Kier molecular flexibility index (Phi) is 1.67. The van der Waals surface area contributed by atoms with E-state index >= 15 is 0 Å². The molecule has 4 nitrogen and oxygen atoms in total. The summed E-state index contributed by atoms with van der Waals surface area (Å²) in [5.74, 6) is -0.715. The first-order valence-corrected chi connectivity index (χ1v) is 3.83. The molecule has 1 aromatic rings. The molecule has 2 rings (SSSR count). The monoisotopic (exact) mass is 192 g/mol. The largest absolute Gasteiger partial charge is 0.451 e. The highest BCUT2D eigenvalue weighted by atomic mass is 19.4. The second-order valence-corrected chi connectivity index (χ2v) is 2.78. The van der Waals surface area contributed by atoms with Gasteiger partial charge < -0.3 is 5.32 Å². The number of hydrogen-bond donors (Lipinski definition) is 1. The summed E-state index contributed by atoms with van der Waals surface area (Å²) in [4.78, 5) is 0. The summed E-state index contributed by atoms with van der Waals surface area (Å²) in [6.45, 7) is 0.972. The van der Waals surface area contributed by atoms with E-state index in [2.05, 4.69) is 15.5 Å². The standard InChI is InChI=1S/C6H7F3N4/c7-6(8,9)4-11-12-5-10-2-1-3-13(4)5/h1-3H2,(H,10,12). The van der Waals surface area contributed by atoms with E-state index in [4.69, 9.17) is 0 Å². The molecule has 1 N–H and O–H groups in total. The third kappa shape index (κ3) is 1.34. The molecule has 0 aromatic carbocycles. The lowest BCUT2D eigenvalue weighted by atomic mass is 10.3. The number of anilines is 1. The summed E-state index contributed by atoms with van der Waals surface area (Å²) < 4.78 is 37.8. The number of alkyl halides is 3. The first kappa shape index (κ1) is 8.33. The molecule has 1 aliphatic heterocycles. The first-order chi connectivity index (χ1) is 6.09. The van der Waals surface area contributed by atoms with Crippen LogP contribution in [0.2, 0.25) is 0 Å². The van der Waals surface area contributed by atoms with E-state index in [1.807, 2.05) is 0 Å². The second kappa shape index (κ2) is 2.61. The smallest absolute Gasteiger partial charge is 0.354 e. The molecule has 0 amide bonds. The maximum Gasteiger partial charge on any atom is 0.451 e. The molecule has 0 atom stereocenters. The van der Waals surface area contributed by atoms with E-state index in [0.29, 0.717) is 19.5 Å². The fraction of sp³-hybridized carbons (Fsp3) is 0.667. The minimum absolute atomic E-state index is 0.207. The minimum Gasteiger partial charge on any atom is -0.354 e. The number of hydrogen-bond acceptors (Lipinski definition) is 3. The summed E-state index contributed by atoms with van der Waals surface area (Å²) in [7, 11) is 0. The van der Waals surface area contributed by atoms with Crippen molar-refractivity contribution in [3.05, 3.63) is 5.82 Å². The molecule has 72 valence electrons. The van der Waals surface area contributed by atoms with Crippen LogP contribution in [0.4, 0.5) is 19.1 Å². The van der Waals surface area contributed by atoms with Gasteiger partial charge in [0, 0.05) is 13.1 Å². The second-order valence-electron chi connectivity index (χ2n) is 2.78. The third-order valence-corrected chi connectivity index (χ3v) is 1.85. The zero-order valence-electron chi connectivity index (χ0n) is 6.60. The lowest BCUT2D eigenvalue weighted by Crippen LogP contribution is -2.22. The topological polar surface area (TPSA) is 42.7 Å². The van der Waals surface area contributed by atoms with Crippen LogP contribution in [0.3, 0.4) is 0 Å². The quantitative estimate of drug-likeness (QED) is 0.669. The van der Waals surface area contributed by atoms with Crippen LogP contribution in [0.25, 0.3) is 0 Å². The normalized spacial score (nSPS) is 16.5. The molecular weight excluding hydrogens is 185 g/mol. The van der Waals surface area contributed by atoms with E-state index in [0.717, 1.165) is 4.57 Å². The van der Waals surface area contributed by atoms with Crippen molar-refractivity contribution in [1.29, 1.82) is 0 Å². The average Bonchev–Trinajstić information content (AvgIpc) is 2.45. The number of halogens is 3. The molecule has 13 heavy (non-hydrogen) atoms. The van der Waals surface area contributed by atoms with Crippen molar-refractivity contribution in [3.63, 3.8) is 0 Å². The van der Waals surface area contributed by atoms with Crippen molar-refractivity contribution in [1.82, 2.24) is 14.8 Å². The van der Waals surface area contributed by atoms with Gasteiger partial charge in [-0.1, -0.05) is 0 Å². The molecule has 0 bridgehead atoms. The Morgan fingerprint density at radius 2 is 2.08 bits per heavy atom. The van der Waals surface area contributed by atoms with Crippen LogP contribution in [0, 0.1) is 0 Å². The Hall–Kier alpha value is -1.27. The van der Waals surface area contributed by atoms with Gasteiger partial charge in [0.1, 0.15) is 0 Å². The van der Waals surface area contributed by atoms with Crippen molar-refractivity contribution >= 4 is 5.95 Å². The van der Waals surface area contributed by atoms with Crippen LogP contribution in [-0.4, -0.2) is 21.3 Å². The van der Waals surface area contributed by atoms with Crippen molar-refractivity contribution in [3.8, 4) is 0 Å². The number of aromatic nitrogens is 3. The molecule has 7 heteroatoms. The van der Waals surface area contributed by atoms with Crippen molar-refractivity contribution in [2.75, 3.05) is 11.9 Å². The van der Waals surface area contributed by atoms with Crippen LogP contribution in [0.1, 0.15) is 12.2 Å². The zero-order valence-corrected chi connectivity index (χ0v) is 6.60. The van der Waals surface area contributed by atoms with Gasteiger partial charge in [-0.15, -0.1) is 10.2 Å². The Balaban J connectivity index is 2.43. The Labute approximate surface area is 71.8 Å². The summed E-state index contributed by atoms with van der Waals surface area (Å²) in [6.07, 6.45) is -3.75. The van der Waals surface area contributed by atoms with Gasteiger partial charge in [-0.05, 0) is 6.42 Å². The Morgan fingerprint density at radius 3 is 2.77 bits per heavy atom.